The molecule has 1 heteroatoms. The van der Waals surface area contributed by atoms with Crippen LogP contribution in [0.4, 0.5) is 0 Å². The molecular weight excluding hydrogens is 112 g/mol. The van der Waals surface area contributed by atoms with Crippen molar-refractivity contribution >= 4 is 0 Å². The van der Waals surface area contributed by atoms with Crippen molar-refractivity contribution in [3.05, 3.63) is 6.92 Å². The summed E-state index contributed by atoms with van der Waals surface area (Å²) in [5.74, 6) is 0.642. The van der Waals surface area contributed by atoms with Crippen molar-refractivity contribution in [1.29, 1.82) is 0 Å². The summed E-state index contributed by atoms with van der Waals surface area (Å²) in [4.78, 5) is 0. The van der Waals surface area contributed by atoms with Gasteiger partial charge in [0.05, 0.1) is 6.10 Å². The van der Waals surface area contributed by atoms with Crippen LogP contribution in [0.1, 0.15) is 26.2 Å². The van der Waals surface area contributed by atoms with E-state index in [-0.39, 0.29) is 0 Å². The van der Waals surface area contributed by atoms with E-state index in [4.69, 9.17) is 4.74 Å². The Morgan fingerprint density at radius 3 is 2.89 bits per heavy atom. The Morgan fingerprint density at radius 1 is 1.67 bits per heavy atom. The highest BCUT2D eigenvalue weighted by Gasteiger charge is 2.16. The molecular formula is C8H15O. The number of ether oxygens (including phenoxy) is 1. The Bertz CT molecular complexity index is 80.6. The highest BCUT2D eigenvalue weighted by atomic mass is 16.5. The molecule has 0 aromatic carbocycles. The van der Waals surface area contributed by atoms with Crippen LogP contribution in [0.5, 0.6) is 0 Å². The minimum atomic E-state index is 0.501. The second-order valence-corrected chi connectivity index (χ2v) is 2.79. The Balaban J connectivity index is 2.23. The van der Waals surface area contributed by atoms with Crippen molar-refractivity contribution in [3.8, 4) is 0 Å². The van der Waals surface area contributed by atoms with Crippen LogP contribution in [-0.4, -0.2) is 12.7 Å². The van der Waals surface area contributed by atoms with Gasteiger partial charge in [0.1, 0.15) is 0 Å². The Hall–Kier alpha value is -0.0400. The summed E-state index contributed by atoms with van der Waals surface area (Å²) >= 11 is 0. The third-order valence-corrected chi connectivity index (χ3v) is 1.93. The van der Waals surface area contributed by atoms with Crippen molar-refractivity contribution in [1.82, 2.24) is 0 Å². The summed E-state index contributed by atoms with van der Waals surface area (Å²) in [6.07, 6.45) is 3.96. The smallest absolute Gasteiger partial charge is 0.0575 e. The van der Waals surface area contributed by atoms with Gasteiger partial charge in [-0.05, 0) is 25.2 Å². The van der Waals surface area contributed by atoms with Crippen molar-refractivity contribution in [2.24, 2.45) is 5.92 Å². The zero-order valence-corrected chi connectivity index (χ0v) is 6.10. The Kier molecular flexibility index (Phi) is 2.52. The zero-order chi connectivity index (χ0) is 6.69. The average Bonchev–Trinajstić information content (AvgIpc) is 1.88. The molecule has 9 heavy (non-hydrogen) atoms. The van der Waals surface area contributed by atoms with Gasteiger partial charge in [0.25, 0.3) is 0 Å². The fourth-order valence-corrected chi connectivity index (χ4v) is 1.24. The summed E-state index contributed by atoms with van der Waals surface area (Å²) in [5, 5.41) is 0. The molecule has 1 heterocycles. The highest BCUT2D eigenvalue weighted by molar-refractivity contribution is 4.71. The van der Waals surface area contributed by atoms with Gasteiger partial charge in [0, 0.05) is 6.61 Å². The van der Waals surface area contributed by atoms with Gasteiger partial charge >= 0.3 is 0 Å². The van der Waals surface area contributed by atoms with Gasteiger partial charge in [-0.1, -0.05) is 13.8 Å². The van der Waals surface area contributed by atoms with E-state index in [1.54, 1.807) is 0 Å². The molecule has 0 spiro atoms. The number of hydrogen-bond acceptors (Lipinski definition) is 1. The maximum absolute atomic E-state index is 5.46. The summed E-state index contributed by atoms with van der Waals surface area (Å²) in [7, 11) is 0. The van der Waals surface area contributed by atoms with Crippen LogP contribution in [-0.2, 0) is 4.74 Å². The van der Waals surface area contributed by atoms with Crippen molar-refractivity contribution < 1.29 is 4.74 Å². The van der Waals surface area contributed by atoms with Crippen LogP contribution in [0.3, 0.4) is 0 Å². The van der Waals surface area contributed by atoms with E-state index in [1.807, 2.05) is 0 Å². The van der Waals surface area contributed by atoms with Gasteiger partial charge in [-0.2, -0.15) is 0 Å². The van der Waals surface area contributed by atoms with Crippen LogP contribution in [0.2, 0.25) is 0 Å². The fraction of sp³-hybridized carbons (Fsp3) is 0.875. The third-order valence-electron chi connectivity index (χ3n) is 1.93. The molecule has 0 aromatic rings. The molecule has 0 amide bonds. The summed E-state index contributed by atoms with van der Waals surface area (Å²) < 4.78 is 5.46. The normalized spacial score (nSPS) is 36.7. The molecule has 1 radical (unpaired) electrons. The molecule has 1 aliphatic heterocycles. The first kappa shape index (κ1) is 7.07. The van der Waals surface area contributed by atoms with E-state index in [9.17, 15) is 0 Å². The van der Waals surface area contributed by atoms with E-state index in [2.05, 4.69) is 13.8 Å². The minimum absolute atomic E-state index is 0.501. The lowest BCUT2D eigenvalue weighted by atomic mass is 9.97. The second-order valence-electron chi connectivity index (χ2n) is 2.79. The molecule has 1 nitrogen and oxygen atoms in total. The van der Waals surface area contributed by atoms with Gasteiger partial charge in [0.15, 0.2) is 0 Å². The highest BCUT2D eigenvalue weighted by Crippen LogP contribution is 2.20. The standard InChI is InChI=1S/C8H15O/c1-3-8-6-7(2)4-5-9-8/h7-8H,2-6H2,1H3. The van der Waals surface area contributed by atoms with E-state index < -0.39 is 0 Å². The van der Waals surface area contributed by atoms with Crippen LogP contribution in [0.15, 0.2) is 0 Å². The first-order chi connectivity index (χ1) is 4.33. The summed E-state index contributed by atoms with van der Waals surface area (Å²) in [5.41, 5.74) is 0. The first-order valence-corrected chi connectivity index (χ1v) is 3.77. The Morgan fingerprint density at radius 2 is 2.44 bits per heavy atom. The molecule has 1 fully saturated rings. The first-order valence-electron chi connectivity index (χ1n) is 3.77. The molecule has 0 aliphatic carbocycles. The molecule has 0 saturated carbocycles. The largest absolute Gasteiger partial charge is 0.378 e. The molecule has 0 bridgehead atoms. The van der Waals surface area contributed by atoms with Crippen molar-refractivity contribution in [2.45, 2.75) is 32.3 Å². The molecule has 2 atom stereocenters. The maximum Gasteiger partial charge on any atom is 0.0575 e. The van der Waals surface area contributed by atoms with E-state index in [1.165, 1.54) is 0 Å². The van der Waals surface area contributed by atoms with Gasteiger partial charge in [0.2, 0.25) is 0 Å². The lowest BCUT2D eigenvalue weighted by molar-refractivity contribution is -0.00148. The van der Waals surface area contributed by atoms with Gasteiger partial charge in [-0.15, -0.1) is 0 Å². The van der Waals surface area contributed by atoms with Crippen molar-refractivity contribution in [2.75, 3.05) is 6.61 Å². The SMILES string of the molecule is [CH2]C1CCOC(CC)C1. The van der Waals surface area contributed by atoms with E-state index in [0.29, 0.717) is 12.0 Å². The monoisotopic (exact) mass is 127 g/mol. The number of hydrogen-bond donors (Lipinski definition) is 0. The molecule has 0 aromatic heterocycles. The van der Waals surface area contributed by atoms with Crippen LogP contribution in [0.25, 0.3) is 0 Å². The summed E-state index contributed by atoms with van der Waals surface area (Å²) in [6.45, 7) is 7.11. The third kappa shape index (κ3) is 1.98. The molecule has 1 saturated heterocycles. The molecule has 1 rings (SSSR count). The topological polar surface area (TPSA) is 9.23 Å². The van der Waals surface area contributed by atoms with Crippen molar-refractivity contribution in [3.63, 3.8) is 0 Å². The van der Waals surface area contributed by atoms with Gasteiger partial charge in [-0.25, -0.2) is 0 Å². The second kappa shape index (κ2) is 3.21. The lowest BCUT2D eigenvalue weighted by Gasteiger charge is -2.25. The lowest BCUT2D eigenvalue weighted by Crippen LogP contribution is -2.23. The fourth-order valence-electron chi connectivity index (χ4n) is 1.24. The van der Waals surface area contributed by atoms with Crippen LogP contribution < -0.4 is 0 Å². The zero-order valence-electron chi connectivity index (χ0n) is 6.10. The predicted octanol–water partition coefficient (Wildman–Crippen LogP) is 2.03. The van der Waals surface area contributed by atoms with Crippen LogP contribution >= 0.6 is 0 Å². The quantitative estimate of drug-likeness (QED) is 0.523. The maximum atomic E-state index is 5.46. The van der Waals surface area contributed by atoms with Gasteiger partial charge in [-0.3, -0.25) is 0 Å². The predicted molar refractivity (Wildman–Crippen MR) is 38.1 cm³/mol. The summed E-state index contributed by atoms with van der Waals surface area (Å²) in [6, 6.07) is 0. The molecule has 0 N–H and O–H groups in total. The van der Waals surface area contributed by atoms with E-state index >= 15 is 0 Å². The van der Waals surface area contributed by atoms with E-state index in [0.717, 1.165) is 25.9 Å². The average molecular weight is 127 g/mol. The van der Waals surface area contributed by atoms with Crippen LogP contribution in [0, 0.1) is 12.8 Å². The minimum Gasteiger partial charge on any atom is -0.378 e. The molecule has 53 valence electrons. The van der Waals surface area contributed by atoms with Gasteiger partial charge < -0.3 is 4.74 Å². The Labute approximate surface area is 57.4 Å². The number of rotatable bonds is 1. The molecule has 2 unspecified atom stereocenters. The molecule has 1 aliphatic rings.